The lowest BCUT2D eigenvalue weighted by molar-refractivity contribution is 0.193. The number of likely N-dealkylation sites (tertiary alicyclic amines) is 1. The molecule has 6 nitrogen and oxygen atoms in total. The molecule has 26 heavy (non-hydrogen) atoms. The topological polar surface area (TPSA) is 61.4 Å². The fraction of sp³-hybridized carbons (Fsp3) is 0.450. The second-order valence-electron chi connectivity index (χ2n) is 7.17. The third-order valence-corrected chi connectivity index (χ3v) is 5.30. The molecular weight excluding hydrogens is 326 g/mol. The van der Waals surface area contributed by atoms with Crippen molar-refractivity contribution in [2.45, 2.75) is 44.7 Å². The number of carbonyl (C=O) groups excluding carboxylic acids is 1. The second kappa shape index (κ2) is 7.32. The Hall–Kier alpha value is -2.63. The number of piperidine rings is 1. The molecule has 0 bridgehead atoms. The number of amides is 2. The molecule has 2 heterocycles. The largest absolute Gasteiger partial charge is 0.350 e. The highest BCUT2D eigenvalue weighted by Gasteiger charge is 2.37. The van der Waals surface area contributed by atoms with Crippen LogP contribution in [0.15, 0.2) is 42.9 Å². The SMILES string of the molecule is Cc1ccccc1NC(=O)N1CCC(N(c2ccncn2)C2CC2)CC1. The van der Waals surface area contributed by atoms with Crippen LogP contribution in [0.1, 0.15) is 31.2 Å². The number of rotatable bonds is 4. The van der Waals surface area contributed by atoms with Crippen LogP contribution < -0.4 is 10.2 Å². The molecule has 4 rings (SSSR count). The summed E-state index contributed by atoms with van der Waals surface area (Å²) in [4.78, 5) is 25.5. The van der Waals surface area contributed by atoms with Gasteiger partial charge in [-0.2, -0.15) is 0 Å². The van der Waals surface area contributed by atoms with Gasteiger partial charge in [0.1, 0.15) is 12.1 Å². The number of hydrogen-bond donors (Lipinski definition) is 1. The van der Waals surface area contributed by atoms with Crippen molar-refractivity contribution < 1.29 is 4.79 Å². The zero-order valence-corrected chi connectivity index (χ0v) is 15.1. The average molecular weight is 351 g/mol. The van der Waals surface area contributed by atoms with Crippen LogP contribution >= 0.6 is 0 Å². The Balaban J connectivity index is 1.37. The van der Waals surface area contributed by atoms with Gasteiger partial charge in [0.2, 0.25) is 0 Å². The molecule has 0 spiro atoms. The van der Waals surface area contributed by atoms with E-state index in [1.807, 2.05) is 48.4 Å². The van der Waals surface area contributed by atoms with Crippen LogP contribution in [0, 0.1) is 6.92 Å². The molecule has 136 valence electrons. The van der Waals surface area contributed by atoms with E-state index in [-0.39, 0.29) is 6.03 Å². The molecular formula is C20H25N5O. The quantitative estimate of drug-likeness (QED) is 0.916. The average Bonchev–Trinajstić information content (AvgIpc) is 3.50. The van der Waals surface area contributed by atoms with Gasteiger partial charge >= 0.3 is 6.03 Å². The Kier molecular flexibility index (Phi) is 4.73. The first-order valence-electron chi connectivity index (χ1n) is 9.38. The number of benzene rings is 1. The molecule has 1 aliphatic carbocycles. The van der Waals surface area contributed by atoms with Gasteiger partial charge in [0.05, 0.1) is 0 Å². The molecule has 0 radical (unpaired) electrons. The van der Waals surface area contributed by atoms with Gasteiger partial charge in [-0.3, -0.25) is 0 Å². The molecule has 2 amide bonds. The molecule has 1 aliphatic heterocycles. The van der Waals surface area contributed by atoms with Crippen molar-refractivity contribution in [1.82, 2.24) is 14.9 Å². The molecule has 0 atom stereocenters. The molecule has 1 saturated heterocycles. The minimum atomic E-state index is -0.00208. The lowest BCUT2D eigenvalue weighted by Gasteiger charge is -2.39. The molecule has 6 heteroatoms. The number of hydrogen-bond acceptors (Lipinski definition) is 4. The number of aryl methyl sites for hydroxylation is 1. The lowest BCUT2D eigenvalue weighted by Crippen LogP contribution is -2.49. The van der Waals surface area contributed by atoms with Crippen molar-refractivity contribution in [3.05, 3.63) is 48.4 Å². The van der Waals surface area contributed by atoms with E-state index in [0.717, 1.165) is 43.0 Å². The number of carbonyl (C=O) groups is 1. The molecule has 2 aromatic rings. The first kappa shape index (κ1) is 16.8. The number of para-hydroxylation sites is 1. The van der Waals surface area contributed by atoms with Gasteiger partial charge in [-0.1, -0.05) is 18.2 Å². The summed E-state index contributed by atoms with van der Waals surface area (Å²) in [6.07, 6.45) is 7.84. The minimum absolute atomic E-state index is 0.00208. The van der Waals surface area contributed by atoms with Gasteiger partial charge in [-0.25, -0.2) is 14.8 Å². The summed E-state index contributed by atoms with van der Waals surface area (Å²) >= 11 is 0. The van der Waals surface area contributed by atoms with Crippen LogP contribution in [0.2, 0.25) is 0 Å². The maximum Gasteiger partial charge on any atom is 0.321 e. The molecule has 2 aliphatic rings. The van der Waals surface area contributed by atoms with E-state index in [2.05, 4.69) is 20.2 Å². The predicted molar refractivity (Wildman–Crippen MR) is 102 cm³/mol. The number of nitrogens with zero attached hydrogens (tertiary/aromatic N) is 4. The van der Waals surface area contributed by atoms with Gasteiger partial charge in [-0.05, 0) is 50.3 Å². The fourth-order valence-corrected chi connectivity index (χ4v) is 3.72. The summed E-state index contributed by atoms with van der Waals surface area (Å²) in [7, 11) is 0. The van der Waals surface area contributed by atoms with E-state index in [0.29, 0.717) is 12.1 Å². The Morgan fingerprint density at radius 1 is 1.12 bits per heavy atom. The summed E-state index contributed by atoms with van der Waals surface area (Å²) in [6, 6.07) is 10.9. The fourth-order valence-electron chi connectivity index (χ4n) is 3.72. The molecule has 1 aromatic heterocycles. The third-order valence-electron chi connectivity index (χ3n) is 5.30. The van der Waals surface area contributed by atoms with E-state index < -0.39 is 0 Å². The molecule has 2 fully saturated rings. The Bertz CT molecular complexity index is 754. The third kappa shape index (κ3) is 3.64. The van der Waals surface area contributed by atoms with Crippen molar-refractivity contribution in [2.75, 3.05) is 23.3 Å². The Morgan fingerprint density at radius 2 is 1.85 bits per heavy atom. The summed E-state index contributed by atoms with van der Waals surface area (Å²) in [5.41, 5.74) is 1.97. The van der Waals surface area contributed by atoms with Gasteiger partial charge in [0.25, 0.3) is 0 Å². The Labute approximate surface area is 154 Å². The second-order valence-corrected chi connectivity index (χ2v) is 7.17. The monoisotopic (exact) mass is 351 g/mol. The maximum atomic E-state index is 12.6. The minimum Gasteiger partial charge on any atom is -0.350 e. The van der Waals surface area contributed by atoms with Crippen molar-refractivity contribution in [1.29, 1.82) is 0 Å². The van der Waals surface area contributed by atoms with Crippen LogP contribution in [-0.4, -0.2) is 46.1 Å². The van der Waals surface area contributed by atoms with Gasteiger partial charge in [0, 0.05) is 37.1 Å². The summed E-state index contributed by atoms with van der Waals surface area (Å²) in [6.45, 7) is 3.56. The number of anilines is 2. The first-order valence-corrected chi connectivity index (χ1v) is 9.38. The van der Waals surface area contributed by atoms with Crippen molar-refractivity contribution in [3.8, 4) is 0 Å². The highest BCUT2D eigenvalue weighted by atomic mass is 16.2. The van der Waals surface area contributed by atoms with E-state index >= 15 is 0 Å². The summed E-state index contributed by atoms with van der Waals surface area (Å²) < 4.78 is 0. The van der Waals surface area contributed by atoms with Crippen LogP contribution in [0.3, 0.4) is 0 Å². The van der Waals surface area contributed by atoms with Crippen LogP contribution in [0.4, 0.5) is 16.3 Å². The van der Waals surface area contributed by atoms with E-state index in [4.69, 9.17) is 0 Å². The van der Waals surface area contributed by atoms with Gasteiger partial charge in [0.15, 0.2) is 0 Å². The zero-order valence-electron chi connectivity index (χ0n) is 15.1. The van der Waals surface area contributed by atoms with Gasteiger partial charge < -0.3 is 15.1 Å². The number of urea groups is 1. The lowest BCUT2D eigenvalue weighted by atomic mass is 10.0. The molecule has 1 aromatic carbocycles. The predicted octanol–water partition coefficient (Wildman–Crippen LogP) is 3.45. The standard InChI is InChI=1S/C20H25N5O/c1-15-4-2-3-5-18(15)23-20(26)24-12-9-17(10-13-24)25(16-6-7-16)19-8-11-21-14-22-19/h2-5,8,11,14,16-17H,6-7,9-10,12-13H2,1H3,(H,23,26). The Morgan fingerprint density at radius 3 is 2.50 bits per heavy atom. The van der Waals surface area contributed by atoms with Crippen molar-refractivity contribution >= 4 is 17.5 Å². The van der Waals surface area contributed by atoms with E-state index in [1.165, 1.54) is 12.8 Å². The van der Waals surface area contributed by atoms with Crippen molar-refractivity contribution in [3.63, 3.8) is 0 Å². The molecule has 0 unspecified atom stereocenters. The van der Waals surface area contributed by atoms with Crippen LogP contribution in [0.25, 0.3) is 0 Å². The van der Waals surface area contributed by atoms with Gasteiger partial charge in [-0.15, -0.1) is 0 Å². The highest BCUT2D eigenvalue weighted by molar-refractivity contribution is 5.90. The normalized spacial score (nSPS) is 17.8. The first-order chi connectivity index (χ1) is 12.7. The smallest absolute Gasteiger partial charge is 0.321 e. The number of nitrogens with one attached hydrogen (secondary N) is 1. The van der Waals surface area contributed by atoms with E-state index in [1.54, 1.807) is 6.33 Å². The van der Waals surface area contributed by atoms with Crippen molar-refractivity contribution in [2.24, 2.45) is 0 Å². The zero-order chi connectivity index (χ0) is 17.9. The highest BCUT2D eigenvalue weighted by Crippen LogP contribution is 2.35. The maximum absolute atomic E-state index is 12.6. The van der Waals surface area contributed by atoms with Crippen LogP contribution in [0.5, 0.6) is 0 Å². The molecule has 1 N–H and O–H groups in total. The number of aromatic nitrogens is 2. The van der Waals surface area contributed by atoms with Crippen LogP contribution in [-0.2, 0) is 0 Å². The van der Waals surface area contributed by atoms with E-state index in [9.17, 15) is 4.79 Å². The molecule has 1 saturated carbocycles. The summed E-state index contributed by atoms with van der Waals surface area (Å²) in [5.74, 6) is 1.02. The summed E-state index contributed by atoms with van der Waals surface area (Å²) in [5, 5.41) is 3.04.